The summed E-state index contributed by atoms with van der Waals surface area (Å²) in [6.45, 7) is 1.89. The van der Waals surface area contributed by atoms with Crippen LogP contribution in [0.25, 0.3) is 10.9 Å². The van der Waals surface area contributed by atoms with Gasteiger partial charge in [-0.1, -0.05) is 12.1 Å². The third kappa shape index (κ3) is 3.19. The van der Waals surface area contributed by atoms with E-state index in [4.69, 9.17) is 4.74 Å². The van der Waals surface area contributed by atoms with Crippen LogP contribution in [0.15, 0.2) is 47.6 Å². The van der Waals surface area contributed by atoms with Gasteiger partial charge in [0.25, 0.3) is 5.91 Å². The molecule has 0 bridgehead atoms. The molecular formula is C19H19N3O3. The van der Waals surface area contributed by atoms with E-state index in [1.54, 1.807) is 31.4 Å². The predicted molar refractivity (Wildman–Crippen MR) is 97.4 cm³/mol. The van der Waals surface area contributed by atoms with E-state index in [2.05, 4.69) is 10.5 Å². The van der Waals surface area contributed by atoms with Crippen molar-refractivity contribution in [3.8, 4) is 11.5 Å². The summed E-state index contributed by atoms with van der Waals surface area (Å²) in [5, 5.41) is 14.2. The molecule has 3 aromatic rings. The van der Waals surface area contributed by atoms with Crippen molar-refractivity contribution in [2.24, 2.45) is 12.1 Å². The van der Waals surface area contributed by atoms with Crippen molar-refractivity contribution in [2.75, 3.05) is 7.11 Å². The van der Waals surface area contributed by atoms with Gasteiger partial charge in [-0.2, -0.15) is 5.10 Å². The van der Waals surface area contributed by atoms with Crippen LogP contribution in [-0.4, -0.2) is 28.9 Å². The van der Waals surface area contributed by atoms with Crippen molar-refractivity contribution >= 4 is 23.0 Å². The maximum Gasteiger partial charge on any atom is 0.273 e. The lowest BCUT2D eigenvalue weighted by atomic mass is 10.1. The monoisotopic (exact) mass is 337 g/mol. The average molecular weight is 337 g/mol. The summed E-state index contributed by atoms with van der Waals surface area (Å²) >= 11 is 0. The fraction of sp³-hybridized carbons (Fsp3) is 0.158. The number of methoxy groups -OCH3 is 1. The van der Waals surface area contributed by atoms with Crippen LogP contribution < -0.4 is 10.2 Å². The summed E-state index contributed by atoms with van der Waals surface area (Å²) in [7, 11) is 3.51. The van der Waals surface area contributed by atoms with E-state index >= 15 is 0 Å². The zero-order chi connectivity index (χ0) is 18.0. The van der Waals surface area contributed by atoms with Crippen molar-refractivity contribution < 1.29 is 14.6 Å². The smallest absolute Gasteiger partial charge is 0.273 e. The van der Waals surface area contributed by atoms with Crippen molar-refractivity contribution in [2.45, 2.75) is 6.92 Å². The van der Waals surface area contributed by atoms with Crippen LogP contribution in [0.4, 0.5) is 0 Å². The summed E-state index contributed by atoms with van der Waals surface area (Å²) in [5.41, 5.74) is 5.58. The van der Waals surface area contributed by atoms with Gasteiger partial charge < -0.3 is 14.4 Å². The summed E-state index contributed by atoms with van der Waals surface area (Å²) in [6, 6.07) is 12.3. The molecule has 0 aliphatic rings. The Hall–Kier alpha value is -3.28. The topological polar surface area (TPSA) is 75.8 Å². The highest BCUT2D eigenvalue weighted by Crippen LogP contribution is 2.28. The van der Waals surface area contributed by atoms with E-state index in [1.807, 2.05) is 36.7 Å². The van der Waals surface area contributed by atoms with Crippen molar-refractivity contribution in [1.82, 2.24) is 9.99 Å². The molecule has 2 N–H and O–H groups in total. The number of aromatic nitrogens is 1. The highest BCUT2D eigenvalue weighted by Gasteiger charge is 2.18. The highest BCUT2D eigenvalue weighted by molar-refractivity contribution is 6.08. The molecule has 6 heteroatoms. The van der Waals surface area contributed by atoms with E-state index < -0.39 is 0 Å². The average Bonchev–Trinajstić information content (AvgIpc) is 2.85. The van der Waals surface area contributed by atoms with Crippen LogP contribution in [0.5, 0.6) is 11.5 Å². The van der Waals surface area contributed by atoms with Crippen LogP contribution in [0, 0.1) is 6.92 Å². The molecule has 0 unspecified atom stereocenters. The fourth-order valence-corrected chi connectivity index (χ4v) is 2.79. The first-order valence-corrected chi connectivity index (χ1v) is 7.76. The van der Waals surface area contributed by atoms with Crippen LogP contribution >= 0.6 is 0 Å². The third-order valence-electron chi connectivity index (χ3n) is 4.18. The van der Waals surface area contributed by atoms with Gasteiger partial charge in [-0.25, -0.2) is 5.43 Å². The first kappa shape index (κ1) is 16.6. The van der Waals surface area contributed by atoms with Gasteiger partial charge >= 0.3 is 0 Å². The number of nitrogens with zero attached hydrogens (tertiary/aromatic N) is 2. The first-order chi connectivity index (χ1) is 12.0. The second kappa shape index (κ2) is 6.68. The van der Waals surface area contributed by atoms with Crippen LogP contribution in [0.2, 0.25) is 0 Å². The Morgan fingerprint density at radius 1 is 1.28 bits per heavy atom. The number of phenolic OH excluding ortho intramolecular Hbond substituents is 1. The molecule has 2 aromatic carbocycles. The maximum atomic E-state index is 12.6. The molecule has 0 spiro atoms. The van der Waals surface area contributed by atoms with Crippen molar-refractivity contribution in [3.63, 3.8) is 0 Å². The molecule has 0 aliphatic carbocycles. The molecule has 0 radical (unpaired) electrons. The Morgan fingerprint density at radius 3 is 2.80 bits per heavy atom. The SMILES string of the molecule is COc1ccc2c(c1)c(C(=O)NN=Cc1cccc(O)c1)c(C)n2C. The number of amides is 1. The molecule has 1 aromatic heterocycles. The zero-order valence-corrected chi connectivity index (χ0v) is 14.3. The second-order valence-electron chi connectivity index (χ2n) is 5.70. The molecule has 0 fully saturated rings. The van der Waals surface area contributed by atoms with E-state index in [1.165, 1.54) is 6.21 Å². The number of hydrogen-bond donors (Lipinski definition) is 2. The van der Waals surface area contributed by atoms with Gasteiger partial charge in [0.2, 0.25) is 0 Å². The third-order valence-corrected chi connectivity index (χ3v) is 4.18. The lowest BCUT2D eigenvalue weighted by molar-refractivity contribution is 0.0956. The minimum Gasteiger partial charge on any atom is -0.508 e. The highest BCUT2D eigenvalue weighted by atomic mass is 16.5. The number of hydrazone groups is 1. The second-order valence-corrected chi connectivity index (χ2v) is 5.70. The Morgan fingerprint density at radius 2 is 2.08 bits per heavy atom. The van der Waals surface area contributed by atoms with Gasteiger partial charge in [-0.15, -0.1) is 0 Å². The van der Waals surface area contributed by atoms with Gasteiger partial charge in [0, 0.05) is 23.6 Å². The Balaban J connectivity index is 1.90. The molecule has 1 amide bonds. The van der Waals surface area contributed by atoms with E-state index in [9.17, 15) is 9.90 Å². The van der Waals surface area contributed by atoms with Gasteiger partial charge in [0.15, 0.2) is 0 Å². The number of aromatic hydroxyl groups is 1. The Kier molecular flexibility index (Phi) is 4.43. The number of nitrogens with one attached hydrogen (secondary N) is 1. The van der Waals surface area contributed by atoms with Gasteiger partial charge in [0.1, 0.15) is 11.5 Å². The first-order valence-electron chi connectivity index (χ1n) is 7.76. The molecule has 0 atom stereocenters. The molecular weight excluding hydrogens is 318 g/mol. The Labute approximate surface area is 145 Å². The normalized spacial score (nSPS) is 11.2. The number of ether oxygens (including phenoxy) is 1. The number of fused-ring (bicyclic) bond motifs is 1. The number of benzene rings is 2. The van der Waals surface area contributed by atoms with E-state index in [0.717, 1.165) is 16.6 Å². The van der Waals surface area contributed by atoms with Gasteiger partial charge in [0.05, 0.1) is 18.9 Å². The maximum absolute atomic E-state index is 12.6. The van der Waals surface area contributed by atoms with Crippen molar-refractivity contribution in [1.29, 1.82) is 0 Å². The largest absolute Gasteiger partial charge is 0.508 e. The van der Waals surface area contributed by atoms with E-state index in [-0.39, 0.29) is 11.7 Å². The lowest BCUT2D eigenvalue weighted by Gasteiger charge is -2.02. The zero-order valence-electron chi connectivity index (χ0n) is 14.3. The standard InChI is InChI=1S/C19H19N3O3/c1-12-18(16-10-15(25-3)7-8-17(16)22(12)2)19(24)21-20-11-13-5-4-6-14(23)9-13/h4-11,23H,1-3H3,(H,21,24). The number of phenols is 1. The van der Waals surface area contributed by atoms with E-state index in [0.29, 0.717) is 16.9 Å². The lowest BCUT2D eigenvalue weighted by Crippen LogP contribution is -2.18. The number of rotatable bonds is 4. The quantitative estimate of drug-likeness (QED) is 0.568. The summed E-state index contributed by atoms with van der Waals surface area (Å²) in [6.07, 6.45) is 1.48. The molecule has 0 saturated heterocycles. The van der Waals surface area contributed by atoms with Crippen molar-refractivity contribution in [3.05, 3.63) is 59.3 Å². The summed E-state index contributed by atoms with van der Waals surface area (Å²) < 4.78 is 7.22. The molecule has 0 aliphatic heterocycles. The van der Waals surface area contributed by atoms with Crippen LogP contribution in [-0.2, 0) is 7.05 Å². The number of aryl methyl sites for hydroxylation is 1. The molecule has 128 valence electrons. The van der Waals surface area contributed by atoms with Gasteiger partial charge in [-0.05, 0) is 42.8 Å². The minimum atomic E-state index is -0.298. The number of hydrogen-bond acceptors (Lipinski definition) is 4. The molecule has 0 saturated carbocycles. The summed E-state index contributed by atoms with van der Waals surface area (Å²) in [5.74, 6) is 0.537. The number of carbonyl (C=O) groups excluding carboxylic acids is 1. The Bertz CT molecular complexity index is 973. The summed E-state index contributed by atoms with van der Waals surface area (Å²) in [4.78, 5) is 12.6. The molecule has 25 heavy (non-hydrogen) atoms. The molecule has 6 nitrogen and oxygen atoms in total. The fourth-order valence-electron chi connectivity index (χ4n) is 2.79. The number of carbonyl (C=O) groups is 1. The van der Waals surface area contributed by atoms with Crippen LogP contribution in [0.1, 0.15) is 21.6 Å². The molecule has 3 rings (SSSR count). The predicted octanol–water partition coefficient (Wildman–Crippen LogP) is 2.96. The van der Waals surface area contributed by atoms with Gasteiger partial charge in [-0.3, -0.25) is 4.79 Å². The molecule has 1 heterocycles. The van der Waals surface area contributed by atoms with Crippen LogP contribution in [0.3, 0.4) is 0 Å². The minimum absolute atomic E-state index is 0.146.